The van der Waals surface area contributed by atoms with Crippen LogP contribution in [0.1, 0.15) is 29.5 Å². The van der Waals surface area contributed by atoms with E-state index in [0.29, 0.717) is 0 Å². The van der Waals surface area contributed by atoms with Gasteiger partial charge in [0.15, 0.2) is 0 Å². The Hall–Kier alpha value is -1.16. The van der Waals surface area contributed by atoms with Crippen molar-refractivity contribution in [2.24, 2.45) is 5.73 Å². The largest absolute Gasteiger partial charge is 0.329 e. The highest BCUT2D eigenvalue weighted by molar-refractivity contribution is 7.07. The first-order valence-corrected chi connectivity index (χ1v) is 8.80. The maximum Gasteiger partial charge on any atom is 0.0418 e. The summed E-state index contributed by atoms with van der Waals surface area (Å²) in [6.07, 6.45) is 4.89. The first-order chi connectivity index (χ1) is 10.3. The molecule has 3 heteroatoms. The summed E-state index contributed by atoms with van der Waals surface area (Å²) in [4.78, 5) is 2.72. The quantitative estimate of drug-likeness (QED) is 0.918. The lowest BCUT2D eigenvalue weighted by molar-refractivity contribution is 0.0844. The molecule has 4 rings (SSSR count). The minimum absolute atomic E-state index is 0.132. The molecular formula is C18H22N2S. The summed E-state index contributed by atoms with van der Waals surface area (Å²) in [6, 6.07) is 11.9. The van der Waals surface area contributed by atoms with Gasteiger partial charge in [-0.15, -0.1) is 0 Å². The van der Waals surface area contributed by atoms with Gasteiger partial charge in [0.2, 0.25) is 0 Å². The molecule has 0 saturated heterocycles. The SMILES string of the molecule is NCC1(N(Cc2ccsc2)C2CC2)Cc2ccccc2C1. The van der Waals surface area contributed by atoms with Crippen molar-refractivity contribution in [3.8, 4) is 0 Å². The fourth-order valence-corrected chi connectivity index (χ4v) is 4.45. The second-order valence-electron chi connectivity index (χ2n) is 6.54. The van der Waals surface area contributed by atoms with Crippen LogP contribution in [0.2, 0.25) is 0 Å². The van der Waals surface area contributed by atoms with Crippen molar-refractivity contribution in [1.82, 2.24) is 4.90 Å². The molecule has 1 aromatic carbocycles. The van der Waals surface area contributed by atoms with Crippen LogP contribution in [-0.2, 0) is 19.4 Å². The highest BCUT2D eigenvalue weighted by Crippen LogP contribution is 2.41. The zero-order valence-corrected chi connectivity index (χ0v) is 13.1. The van der Waals surface area contributed by atoms with Crippen molar-refractivity contribution in [1.29, 1.82) is 0 Å². The Bertz CT molecular complexity index is 591. The number of nitrogens with zero attached hydrogens (tertiary/aromatic N) is 1. The molecule has 2 N–H and O–H groups in total. The van der Waals surface area contributed by atoms with Crippen LogP contribution in [0.25, 0.3) is 0 Å². The molecular weight excluding hydrogens is 276 g/mol. The number of fused-ring (bicyclic) bond motifs is 1. The first kappa shape index (κ1) is 13.5. The van der Waals surface area contributed by atoms with Crippen molar-refractivity contribution in [3.05, 3.63) is 57.8 Å². The molecule has 2 aliphatic carbocycles. The van der Waals surface area contributed by atoms with Crippen molar-refractivity contribution in [2.75, 3.05) is 6.54 Å². The van der Waals surface area contributed by atoms with E-state index < -0.39 is 0 Å². The van der Waals surface area contributed by atoms with Crippen LogP contribution < -0.4 is 5.73 Å². The third-order valence-corrected chi connectivity index (χ3v) is 5.80. The van der Waals surface area contributed by atoms with E-state index in [-0.39, 0.29) is 5.54 Å². The van der Waals surface area contributed by atoms with E-state index in [2.05, 4.69) is 46.0 Å². The Morgan fingerprint density at radius 1 is 1.14 bits per heavy atom. The third kappa shape index (κ3) is 2.44. The number of hydrogen-bond acceptors (Lipinski definition) is 3. The summed E-state index contributed by atoms with van der Waals surface area (Å²) in [5.74, 6) is 0. The van der Waals surface area contributed by atoms with Gasteiger partial charge in [-0.3, -0.25) is 4.90 Å². The predicted molar refractivity (Wildman–Crippen MR) is 88.5 cm³/mol. The standard InChI is InChI=1S/C18H22N2S/c19-13-18(9-15-3-1-2-4-16(15)10-18)20(17-5-6-17)11-14-7-8-21-12-14/h1-4,7-8,12,17H,5-6,9-11,13,19H2. The molecule has 1 saturated carbocycles. The van der Waals surface area contributed by atoms with E-state index in [0.717, 1.165) is 32.0 Å². The highest BCUT2D eigenvalue weighted by Gasteiger charge is 2.46. The normalized spacial score (nSPS) is 19.9. The van der Waals surface area contributed by atoms with E-state index in [1.54, 1.807) is 11.3 Å². The maximum absolute atomic E-state index is 6.30. The van der Waals surface area contributed by atoms with Crippen LogP contribution in [0.5, 0.6) is 0 Å². The molecule has 1 heterocycles. The Kier molecular flexibility index (Phi) is 3.37. The Balaban J connectivity index is 1.64. The highest BCUT2D eigenvalue weighted by atomic mass is 32.1. The molecule has 2 aromatic rings. The molecule has 0 atom stereocenters. The van der Waals surface area contributed by atoms with Gasteiger partial charge in [0.05, 0.1) is 0 Å². The fraction of sp³-hybridized carbons (Fsp3) is 0.444. The second kappa shape index (κ2) is 5.24. The van der Waals surface area contributed by atoms with E-state index in [1.807, 2.05) is 0 Å². The minimum Gasteiger partial charge on any atom is -0.329 e. The molecule has 0 radical (unpaired) electrons. The van der Waals surface area contributed by atoms with Crippen LogP contribution in [0.4, 0.5) is 0 Å². The molecule has 1 aromatic heterocycles. The van der Waals surface area contributed by atoms with Gasteiger partial charge in [-0.05, 0) is 59.2 Å². The van der Waals surface area contributed by atoms with E-state index in [4.69, 9.17) is 5.73 Å². The minimum atomic E-state index is 0.132. The maximum atomic E-state index is 6.30. The summed E-state index contributed by atoms with van der Waals surface area (Å²) >= 11 is 1.79. The van der Waals surface area contributed by atoms with Gasteiger partial charge >= 0.3 is 0 Å². The summed E-state index contributed by atoms with van der Waals surface area (Å²) in [5, 5.41) is 4.46. The molecule has 1 fully saturated rings. The van der Waals surface area contributed by atoms with Crippen LogP contribution >= 0.6 is 11.3 Å². The van der Waals surface area contributed by atoms with E-state index in [9.17, 15) is 0 Å². The van der Waals surface area contributed by atoms with Crippen molar-refractivity contribution in [2.45, 2.75) is 43.8 Å². The average Bonchev–Trinajstić information content (AvgIpc) is 3.08. The van der Waals surface area contributed by atoms with Gasteiger partial charge in [0.25, 0.3) is 0 Å². The van der Waals surface area contributed by atoms with Crippen LogP contribution in [0, 0.1) is 0 Å². The summed E-state index contributed by atoms with van der Waals surface area (Å²) < 4.78 is 0. The zero-order valence-electron chi connectivity index (χ0n) is 12.3. The Morgan fingerprint density at radius 2 is 1.86 bits per heavy atom. The number of rotatable bonds is 5. The fourth-order valence-electron chi connectivity index (χ4n) is 3.79. The van der Waals surface area contributed by atoms with Crippen molar-refractivity contribution < 1.29 is 0 Å². The van der Waals surface area contributed by atoms with Crippen LogP contribution in [-0.4, -0.2) is 23.0 Å². The van der Waals surface area contributed by atoms with Crippen molar-refractivity contribution >= 4 is 11.3 Å². The molecule has 0 bridgehead atoms. The van der Waals surface area contributed by atoms with Gasteiger partial charge in [0.1, 0.15) is 0 Å². The molecule has 0 aliphatic heterocycles. The number of hydrogen-bond donors (Lipinski definition) is 1. The lowest BCUT2D eigenvalue weighted by atomic mass is 9.92. The van der Waals surface area contributed by atoms with Gasteiger partial charge < -0.3 is 5.73 Å². The van der Waals surface area contributed by atoms with Crippen molar-refractivity contribution in [3.63, 3.8) is 0 Å². The molecule has 0 spiro atoms. The van der Waals surface area contributed by atoms with Crippen LogP contribution in [0.3, 0.4) is 0 Å². The lowest BCUT2D eigenvalue weighted by Gasteiger charge is -2.41. The molecule has 0 unspecified atom stereocenters. The summed E-state index contributed by atoms with van der Waals surface area (Å²) in [5.41, 5.74) is 10.9. The van der Waals surface area contributed by atoms with E-state index >= 15 is 0 Å². The number of nitrogens with two attached hydrogens (primary N) is 1. The average molecular weight is 298 g/mol. The number of benzene rings is 1. The van der Waals surface area contributed by atoms with Gasteiger partial charge in [-0.2, -0.15) is 11.3 Å². The molecule has 2 nitrogen and oxygen atoms in total. The van der Waals surface area contributed by atoms with Gasteiger partial charge in [-0.25, -0.2) is 0 Å². The molecule has 2 aliphatic rings. The third-order valence-electron chi connectivity index (χ3n) is 5.07. The molecule has 21 heavy (non-hydrogen) atoms. The lowest BCUT2D eigenvalue weighted by Crippen LogP contribution is -2.55. The second-order valence-corrected chi connectivity index (χ2v) is 7.32. The van der Waals surface area contributed by atoms with Gasteiger partial charge in [-0.1, -0.05) is 24.3 Å². The monoisotopic (exact) mass is 298 g/mol. The smallest absolute Gasteiger partial charge is 0.0418 e. The summed E-state index contributed by atoms with van der Waals surface area (Å²) in [6.45, 7) is 1.81. The first-order valence-electron chi connectivity index (χ1n) is 7.85. The molecule has 110 valence electrons. The molecule has 0 amide bonds. The topological polar surface area (TPSA) is 29.3 Å². The van der Waals surface area contributed by atoms with E-state index in [1.165, 1.54) is 29.5 Å². The number of thiophene rings is 1. The zero-order chi connectivity index (χ0) is 14.3. The Labute approximate surface area is 130 Å². The van der Waals surface area contributed by atoms with Crippen LogP contribution in [0.15, 0.2) is 41.1 Å². The van der Waals surface area contributed by atoms with Gasteiger partial charge in [0, 0.05) is 24.7 Å². The summed E-state index contributed by atoms with van der Waals surface area (Å²) in [7, 11) is 0. The Morgan fingerprint density at radius 3 is 2.38 bits per heavy atom. The predicted octanol–water partition coefficient (Wildman–Crippen LogP) is 3.21.